The van der Waals surface area contributed by atoms with E-state index in [4.69, 9.17) is 0 Å². The molecule has 1 amide bonds. The molecule has 1 aromatic rings. The van der Waals surface area contributed by atoms with Gasteiger partial charge in [-0.1, -0.05) is 39.0 Å². The number of aliphatic hydroxyl groups is 1. The van der Waals surface area contributed by atoms with Crippen molar-refractivity contribution in [1.82, 2.24) is 0 Å². The van der Waals surface area contributed by atoms with Crippen molar-refractivity contribution in [3.05, 3.63) is 29.8 Å². The van der Waals surface area contributed by atoms with Gasteiger partial charge in [0, 0.05) is 23.2 Å². The summed E-state index contributed by atoms with van der Waals surface area (Å²) in [4.78, 5) is 14.1. The summed E-state index contributed by atoms with van der Waals surface area (Å²) in [5, 5.41) is 9.93. The molecule has 0 radical (unpaired) electrons. The normalized spacial score (nSPS) is 20.0. The van der Waals surface area contributed by atoms with Crippen molar-refractivity contribution < 1.29 is 9.90 Å². The van der Waals surface area contributed by atoms with Crippen molar-refractivity contribution in [2.24, 2.45) is 5.41 Å². The van der Waals surface area contributed by atoms with Crippen molar-refractivity contribution in [3.8, 4) is 0 Å². The molecular formula is C14H19NO2. The first-order valence-electron chi connectivity index (χ1n) is 6.00. The lowest BCUT2D eigenvalue weighted by Crippen LogP contribution is -2.43. The smallest absolute Gasteiger partial charge is 0.232 e. The average molecular weight is 233 g/mol. The summed E-state index contributed by atoms with van der Waals surface area (Å²) >= 11 is 0. The van der Waals surface area contributed by atoms with E-state index >= 15 is 0 Å². The van der Waals surface area contributed by atoms with Gasteiger partial charge in [0.15, 0.2) is 0 Å². The van der Waals surface area contributed by atoms with Crippen LogP contribution in [-0.2, 0) is 4.79 Å². The number of anilines is 1. The molecule has 0 saturated heterocycles. The van der Waals surface area contributed by atoms with Gasteiger partial charge in [-0.2, -0.15) is 0 Å². The number of fused-ring (bicyclic) bond motifs is 1. The summed E-state index contributed by atoms with van der Waals surface area (Å²) in [5.74, 6) is 0.108. The number of carbonyl (C=O) groups is 1. The number of nitrogens with zero attached hydrogens (tertiary/aromatic N) is 1. The number of benzene rings is 1. The minimum absolute atomic E-state index is 0.108. The van der Waals surface area contributed by atoms with Gasteiger partial charge in [-0.25, -0.2) is 0 Å². The first kappa shape index (κ1) is 12.1. The fraction of sp³-hybridized carbons (Fsp3) is 0.500. The Labute approximate surface area is 102 Å². The van der Waals surface area contributed by atoms with Crippen LogP contribution in [-0.4, -0.2) is 17.6 Å². The van der Waals surface area contributed by atoms with Gasteiger partial charge >= 0.3 is 0 Å². The Morgan fingerprint density at radius 2 is 2.00 bits per heavy atom. The highest BCUT2D eigenvalue weighted by Crippen LogP contribution is 2.35. The molecule has 1 heterocycles. The number of rotatable bonds is 0. The van der Waals surface area contributed by atoms with Crippen molar-refractivity contribution >= 4 is 11.6 Å². The van der Waals surface area contributed by atoms with Crippen molar-refractivity contribution in [2.45, 2.75) is 33.3 Å². The Morgan fingerprint density at radius 3 is 2.65 bits per heavy atom. The quantitative estimate of drug-likeness (QED) is 0.748. The van der Waals surface area contributed by atoms with Gasteiger partial charge in [0.25, 0.3) is 0 Å². The van der Waals surface area contributed by atoms with E-state index in [1.165, 1.54) is 0 Å². The summed E-state index contributed by atoms with van der Waals surface area (Å²) in [6, 6.07) is 7.59. The number of hydrogen-bond acceptors (Lipinski definition) is 2. The molecule has 2 rings (SSSR count). The molecule has 17 heavy (non-hydrogen) atoms. The zero-order valence-corrected chi connectivity index (χ0v) is 10.6. The molecule has 1 aliphatic heterocycles. The molecule has 0 saturated carbocycles. The Hall–Kier alpha value is -1.35. The SMILES string of the molecule is CC(C)(C)C(=O)N1CCC(O)c2ccccc21. The zero-order valence-electron chi connectivity index (χ0n) is 10.6. The molecule has 1 atom stereocenters. The molecule has 0 fully saturated rings. The molecule has 1 unspecified atom stereocenters. The van der Waals surface area contributed by atoms with Crippen molar-refractivity contribution in [2.75, 3.05) is 11.4 Å². The Bertz CT molecular complexity index is 434. The highest BCUT2D eigenvalue weighted by Gasteiger charge is 2.33. The van der Waals surface area contributed by atoms with Crippen LogP contribution in [0.15, 0.2) is 24.3 Å². The van der Waals surface area contributed by atoms with E-state index in [9.17, 15) is 9.90 Å². The standard InChI is InChI=1S/C14H19NO2/c1-14(2,3)13(17)15-9-8-12(16)10-6-4-5-7-11(10)15/h4-7,12,16H,8-9H2,1-3H3. The monoisotopic (exact) mass is 233 g/mol. The van der Waals surface area contributed by atoms with Gasteiger partial charge in [-0.05, 0) is 12.5 Å². The van der Waals surface area contributed by atoms with Crippen molar-refractivity contribution in [1.29, 1.82) is 0 Å². The van der Waals surface area contributed by atoms with Crippen LogP contribution in [0.3, 0.4) is 0 Å². The Kier molecular flexibility index (Phi) is 2.96. The summed E-state index contributed by atoms with van der Waals surface area (Å²) in [6.07, 6.45) is 0.161. The molecule has 0 aromatic heterocycles. The van der Waals surface area contributed by atoms with E-state index in [2.05, 4.69) is 0 Å². The van der Waals surface area contributed by atoms with Gasteiger partial charge in [0.1, 0.15) is 0 Å². The van der Waals surface area contributed by atoms with Crippen LogP contribution in [0.25, 0.3) is 0 Å². The molecule has 0 spiro atoms. The highest BCUT2D eigenvalue weighted by molar-refractivity contribution is 5.98. The maximum absolute atomic E-state index is 12.3. The average Bonchev–Trinajstić information content (AvgIpc) is 2.28. The molecule has 1 aliphatic rings. The number of carbonyl (C=O) groups excluding carboxylic acids is 1. The van der Waals surface area contributed by atoms with Gasteiger partial charge in [-0.3, -0.25) is 4.79 Å². The molecule has 1 N–H and O–H groups in total. The van der Waals surface area contributed by atoms with E-state index in [-0.39, 0.29) is 5.91 Å². The summed E-state index contributed by atoms with van der Waals surface area (Å²) in [5.41, 5.74) is 1.32. The van der Waals surface area contributed by atoms with E-state index in [0.29, 0.717) is 13.0 Å². The molecule has 1 aromatic carbocycles. The maximum Gasteiger partial charge on any atom is 0.232 e. The van der Waals surface area contributed by atoms with Gasteiger partial charge < -0.3 is 10.0 Å². The van der Waals surface area contributed by atoms with Crippen LogP contribution < -0.4 is 4.90 Å². The molecule has 0 aliphatic carbocycles. The molecule has 3 nitrogen and oxygen atoms in total. The topological polar surface area (TPSA) is 40.5 Å². The lowest BCUT2D eigenvalue weighted by Gasteiger charge is -2.35. The van der Waals surface area contributed by atoms with Crippen LogP contribution in [0.2, 0.25) is 0 Å². The fourth-order valence-electron chi connectivity index (χ4n) is 2.16. The van der Waals surface area contributed by atoms with Gasteiger partial charge in [-0.15, -0.1) is 0 Å². The van der Waals surface area contributed by atoms with Gasteiger partial charge in [0.05, 0.1) is 6.10 Å². The second-order valence-electron chi connectivity index (χ2n) is 5.57. The summed E-state index contributed by atoms with van der Waals surface area (Å²) in [6.45, 7) is 6.35. The van der Waals surface area contributed by atoms with E-state index < -0.39 is 11.5 Å². The summed E-state index contributed by atoms with van der Waals surface area (Å²) < 4.78 is 0. The second kappa shape index (κ2) is 4.15. The zero-order chi connectivity index (χ0) is 12.6. The van der Waals surface area contributed by atoms with E-state index in [0.717, 1.165) is 11.3 Å². The first-order valence-corrected chi connectivity index (χ1v) is 6.00. The second-order valence-corrected chi connectivity index (χ2v) is 5.57. The fourth-order valence-corrected chi connectivity index (χ4v) is 2.16. The minimum atomic E-state index is -0.449. The van der Waals surface area contributed by atoms with Crippen molar-refractivity contribution in [3.63, 3.8) is 0 Å². The highest BCUT2D eigenvalue weighted by atomic mass is 16.3. The predicted octanol–water partition coefficient (Wildman–Crippen LogP) is 2.50. The number of para-hydroxylation sites is 1. The molecule has 0 bridgehead atoms. The van der Waals surface area contributed by atoms with Crippen LogP contribution in [0.5, 0.6) is 0 Å². The largest absolute Gasteiger partial charge is 0.388 e. The van der Waals surface area contributed by atoms with E-state index in [1.807, 2.05) is 45.0 Å². The first-order chi connectivity index (χ1) is 7.91. The Balaban J connectivity index is 2.40. The van der Waals surface area contributed by atoms with Gasteiger partial charge in [0.2, 0.25) is 5.91 Å². The number of hydrogen-bond donors (Lipinski definition) is 1. The third-order valence-electron chi connectivity index (χ3n) is 3.10. The van der Waals surface area contributed by atoms with Crippen LogP contribution in [0.1, 0.15) is 38.9 Å². The van der Waals surface area contributed by atoms with Crippen LogP contribution in [0.4, 0.5) is 5.69 Å². The lowest BCUT2D eigenvalue weighted by atomic mass is 9.91. The molecule has 3 heteroatoms. The minimum Gasteiger partial charge on any atom is -0.388 e. The predicted molar refractivity (Wildman–Crippen MR) is 67.8 cm³/mol. The third-order valence-corrected chi connectivity index (χ3v) is 3.10. The maximum atomic E-state index is 12.3. The summed E-state index contributed by atoms with van der Waals surface area (Å²) in [7, 11) is 0. The lowest BCUT2D eigenvalue weighted by molar-refractivity contribution is -0.126. The van der Waals surface area contributed by atoms with Crippen LogP contribution >= 0.6 is 0 Å². The Morgan fingerprint density at radius 1 is 1.35 bits per heavy atom. The molecular weight excluding hydrogens is 214 g/mol. The third kappa shape index (κ3) is 2.20. The molecule has 92 valence electrons. The number of aliphatic hydroxyl groups excluding tert-OH is 1. The number of amides is 1. The van der Waals surface area contributed by atoms with Crippen LogP contribution in [0, 0.1) is 5.41 Å². The van der Waals surface area contributed by atoms with E-state index in [1.54, 1.807) is 4.90 Å².